The molecule has 0 spiro atoms. The molecule has 0 atom stereocenters. The van der Waals surface area contributed by atoms with Crippen LogP contribution in [0.4, 0.5) is 5.69 Å². The number of aryl methyl sites for hydroxylation is 1. The van der Waals surface area contributed by atoms with Gasteiger partial charge >= 0.3 is 0 Å². The predicted molar refractivity (Wildman–Crippen MR) is 89.2 cm³/mol. The SMILES string of the molecule is Cn1ncc2c(SCc3cc([N+](=O)[O-])cc4c3OCOC4)ncnc21. The number of hydrogen-bond donors (Lipinski definition) is 0. The molecule has 0 aliphatic carbocycles. The molecule has 0 saturated carbocycles. The van der Waals surface area contributed by atoms with Crippen LogP contribution in [-0.4, -0.2) is 31.5 Å². The van der Waals surface area contributed by atoms with Crippen LogP contribution in [0.25, 0.3) is 11.0 Å². The van der Waals surface area contributed by atoms with Crippen molar-refractivity contribution in [3.63, 3.8) is 0 Å². The number of thioether (sulfide) groups is 1. The van der Waals surface area contributed by atoms with E-state index in [0.29, 0.717) is 23.7 Å². The van der Waals surface area contributed by atoms with Crippen LogP contribution in [0.1, 0.15) is 11.1 Å². The van der Waals surface area contributed by atoms with Gasteiger partial charge in [0.15, 0.2) is 12.4 Å². The number of nitro groups is 1. The molecule has 0 fully saturated rings. The zero-order valence-corrected chi connectivity index (χ0v) is 14.0. The minimum Gasteiger partial charge on any atom is -0.467 e. The Labute approximate surface area is 146 Å². The summed E-state index contributed by atoms with van der Waals surface area (Å²) < 4.78 is 12.5. The molecule has 1 aliphatic rings. The van der Waals surface area contributed by atoms with Gasteiger partial charge in [0.1, 0.15) is 17.1 Å². The molecule has 0 amide bonds. The van der Waals surface area contributed by atoms with Crippen LogP contribution < -0.4 is 4.74 Å². The Morgan fingerprint density at radius 3 is 3.12 bits per heavy atom. The van der Waals surface area contributed by atoms with Gasteiger partial charge in [0.25, 0.3) is 5.69 Å². The molecule has 3 aromatic rings. The largest absolute Gasteiger partial charge is 0.467 e. The van der Waals surface area contributed by atoms with Crippen LogP contribution in [0.2, 0.25) is 0 Å². The molecule has 0 unspecified atom stereocenters. The molecule has 0 N–H and O–H groups in total. The van der Waals surface area contributed by atoms with Crippen LogP contribution in [0.15, 0.2) is 29.7 Å². The summed E-state index contributed by atoms with van der Waals surface area (Å²) in [5, 5.41) is 17.0. The number of aromatic nitrogens is 4. The highest BCUT2D eigenvalue weighted by Gasteiger charge is 2.21. The fourth-order valence-electron chi connectivity index (χ4n) is 2.70. The van der Waals surface area contributed by atoms with Crippen molar-refractivity contribution in [2.45, 2.75) is 17.4 Å². The third-order valence-corrected chi connectivity index (χ3v) is 4.89. The number of nitro benzene ring substituents is 1. The second-order valence-electron chi connectivity index (χ2n) is 5.43. The Morgan fingerprint density at radius 2 is 2.28 bits per heavy atom. The molecule has 1 aliphatic heterocycles. The van der Waals surface area contributed by atoms with Crippen molar-refractivity contribution in [3.05, 3.63) is 45.9 Å². The van der Waals surface area contributed by atoms with Crippen LogP contribution in [-0.2, 0) is 24.1 Å². The maximum atomic E-state index is 11.2. The average molecular weight is 359 g/mol. The summed E-state index contributed by atoms with van der Waals surface area (Å²) in [5.41, 5.74) is 2.19. The van der Waals surface area contributed by atoms with Crippen molar-refractivity contribution in [1.29, 1.82) is 0 Å². The van der Waals surface area contributed by atoms with Crippen molar-refractivity contribution < 1.29 is 14.4 Å². The van der Waals surface area contributed by atoms with E-state index < -0.39 is 4.92 Å². The molecular weight excluding hydrogens is 346 g/mol. The van der Waals surface area contributed by atoms with Crippen molar-refractivity contribution in [3.8, 4) is 5.75 Å². The quantitative estimate of drug-likeness (QED) is 0.303. The first-order valence-corrected chi connectivity index (χ1v) is 8.38. The first-order valence-electron chi connectivity index (χ1n) is 7.39. The van der Waals surface area contributed by atoms with Crippen molar-refractivity contribution in [2.75, 3.05) is 6.79 Å². The third-order valence-electron chi connectivity index (χ3n) is 3.84. The van der Waals surface area contributed by atoms with Gasteiger partial charge in [-0.2, -0.15) is 5.10 Å². The Kier molecular flexibility index (Phi) is 3.98. The number of hydrogen-bond acceptors (Lipinski definition) is 8. The molecule has 0 bridgehead atoms. The standard InChI is InChI=1S/C15H13N5O4S/c1-19-14-12(4-18-19)15(17-7-16-14)25-6-10-3-11(20(21)22)2-9-5-23-8-24-13(9)10/h2-4,7H,5-6,8H2,1H3. The lowest BCUT2D eigenvalue weighted by molar-refractivity contribution is -0.385. The second kappa shape index (κ2) is 6.30. The van der Waals surface area contributed by atoms with Crippen LogP contribution in [0.3, 0.4) is 0 Å². The molecule has 1 aromatic carbocycles. The van der Waals surface area contributed by atoms with Gasteiger partial charge in [-0.25, -0.2) is 9.97 Å². The number of benzene rings is 1. The van der Waals surface area contributed by atoms with Crippen molar-refractivity contribution >= 4 is 28.5 Å². The highest BCUT2D eigenvalue weighted by atomic mass is 32.2. The number of fused-ring (bicyclic) bond motifs is 2. The lowest BCUT2D eigenvalue weighted by Gasteiger charge is -2.20. The summed E-state index contributed by atoms with van der Waals surface area (Å²) in [5.74, 6) is 1.13. The molecule has 4 rings (SSSR count). The molecule has 10 heteroatoms. The molecule has 128 valence electrons. The number of nitrogens with zero attached hydrogens (tertiary/aromatic N) is 5. The summed E-state index contributed by atoms with van der Waals surface area (Å²) in [6, 6.07) is 3.03. The Morgan fingerprint density at radius 1 is 1.40 bits per heavy atom. The maximum absolute atomic E-state index is 11.2. The van der Waals surface area contributed by atoms with Gasteiger partial charge in [0.05, 0.1) is 23.1 Å². The summed E-state index contributed by atoms with van der Waals surface area (Å²) in [7, 11) is 1.81. The van der Waals surface area contributed by atoms with E-state index in [1.54, 1.807) is 16.9 Å². The number of ether oxygens (including phenoxy) is 2. The van der Waals surface area contributed by atoms with Gasteiger partial charge in [0, 0.05) is 36.1 Å². The van der Waals surface area contributed by atoms with Gasteiger partial charge in [-0.15, -0.1) is 11.8 Å². The molecule has 2 aromatic heterocycles. The first-order chi connectivity index (χ1) is 12.1. The number of non-ortho nitro benzene ring substituents is 1. The minimum atomic E-state index is -0.410. The van der Waals surface area contributed by atoms with E-state index in [1.807, 2.05) is 7.05 Å². The van der Waals surface area contributed by atoms with E-state index >= 15 is 0 Å². The average Bonchev–Trinajstić information content (AvgIpc) is 3.01. The topological polar surface area (TPSA) is 105 Å². The summed E-state index contributed by atoms with van der Waals surface area (Å²) >= 11 is 1.46. The summed E-state index contributed by atoms with van der Waals surface area (Å²) in [6.07, 6.45) is 3.20. The molecular formula is C15H13N5O4S. The Balaban J connectivity index is 1.68. The zero-order valence-electron chi connectivity index (χ0n) is 13.2. The van der Waals surface area contributed by atoms with E-state index in [9.17, 15) is 10.1 Å². The van der Waals surface area contributed by atoms with Gasteiger partial charge < -0.3 is 9.47 Å². The molecule has 0 radical (unpaired) electrons. The van der Waals surface area contributed by atoms with Crippen molar-refractivity contribution in [1.82, 2.24) is 19.7 Å². The van der Waals surface area contributed by atoms with Gasteiger partial charge in [-0.1, -0.05) is 0 Å². The normalized spacial score (nSPS) is 13.5. The summed E-state index contributed by atoms with van der Waals surface area (Å²) in [6.45, 7) is 0.442. The first kappa shape index (κ1) is 15.8. The smallest absolute Gasteiger partial charge is 0.270 e. The Bertz CT molecular complexity index is 974. The van der Waals surface area contributed by atoms with Crippen LogP contribution >= 0.6 is 11.8 Å². The van der Waals surface area contributed by atoms with Gasteiger partial charge in [-0.3, -0.25) is 14.8 Å². The molecule has 3 heterocycles. The van der Waals surface area contributed by atoms with Crippen LogP contribution in [0.5, 0.6) is 5.75 Å². The zero-order chi connectivity index (χ0) is 17.4. The lowest BCUT2D eigenvalue weighted by Crippen LogP contribution is -2.13. The number of rotatable bonds is 4. The summed E-state index contributed by atoms with van der Waals surface area (Å²) in [4.78, 5) is 19.3. The van der Waals surface area contributed by atoms with E-state index in [1.165, 1.54) is 24.2 Å². The van der Waals surface area contributed by atoms with Gasteiger partial charge in [-0.05, 0) is 0 Å². The lowest BCUT2D eigenvalue weighted by atomic mass is 10.1. The molecule has 0 saturated heterocycles. The predicted octanol–water partition coefficient (Wildman–Crippen LogP) is 2.43. The van der Waals surface area contributed by atoms with Gasteiger partial charge in [0.2, 0.25) is 0 Å². The fraction of sp³-hybridized carbons (Fsp3) is 0.267. The highest BCUT2D eigenvalue weighted by Crippen LogP contribution is 2.36. The Hall–Kier alpha value is -2.72. The molecule has 25 heavy (non-hydrogen) atoms. The maximum Gasteiger partial charge on any atom is 0.270 e. The van der Waals surface area contributed by atoms with Crippen molar-refractivity contribution in [2.24, 2.45) is 7.05 Å². The third kappa shape index (κ3) is 2.89. The van der Waals surface area contributed by atoms with E-state index in [0.717, 1.165) is 21.6 Å². The van der Waals surface area contributed by atoms with E-state index in [4.69, 9.17) is 9.47 Å². The molecule has 9 nitrogen and oxygen atoms in total. The minimum absolute atomic E-state index is 0.0256. The van der Waals surface area contributed by atoms with E-state index in [-0.39, 0.29) is 12.5 Å². The highest BCUT2D eigenvalue weighted by molar-refractivity contribution is 7.98. The van der Waals surface area contributed by atoms with E-state index in [2.05, 4.69) is 15.1 Å². The van der Waals surface area contributed by atoms with Crippen LogP contribution in [0, 0.1) is 10.1 Å². The monoisotopic (exact) mass is 359 g/mol. The fourth-order valence-corrected chi connectivity index (χ4v) is 3.62. The second-order valence-corrected chi connectivity index (χ2v) is 6.40.